The normalized spacial score (nSPS) is 19.4. The van der Waals surface area contributed by atoms with Gasteiger partial charge in [0, 0.05) is 24.5 Å². The van der Waals surface area contributed by atoms with E-state index < -0.39 is 6.04 Å². The number of hydrogen-bond donors (Lipinski definition) is 1. The minimum absolute atomic E-state index is 0.0236. The number of rotatable bonds is 5. The predicted octanol–water partition coefficient (Wildman–Crippen LogP) is 0.274. The molecule has 1 aliphatic rings. The van der Waals surface area contributed by atoms with E-state index in [1.54, 1.807) is 18.5 Å². The Hall–Kier alpha value is -2.46. The van der Waals surface area contributed by atoms with E-state index in [0.29, 0.717) is 13.0 Å². The van der Waals surface area contributed by atoms with Gasteiger partial charge in [-0.15, -0.1) is 0 Å². The predicted molar refractivity (Wildman–Crippen MR) is 76.1 cm³/mol. The minimum atomic E-state index is -0.815. The molecule has 7 nitrogen and oxygen atoms in total. The lowest BCUT2D eigenvalue weighted by molar-refractivity contribution is -0.134. The fourth-order valence-corrected chi connectivity index (χ4v) is 2.12. The molecule has 2 rings (SSSR count). The van der Waals surface area contributed by atoms with Crippen LogP contribution in [0.15, 0.2) is 29.7 Å². The number of nitriles is 1. The fourth-order valence-electron chi connectivity index (χ4n) is 2.12. The number of nitrogens with zero attached hydrogens (tertiary/aromatic N) is 4. The van der Waals surface area contributed by atoms with Gasteiger partial charge in [0.05, 0.1) is 12.3 Å². The second-order valence-corrected chi connectivity index (χ2v) is 4.74. The molecule has 1 amide bonds. The number of oxime groups is 1. The molecule has 0 unspecified atom stereocenters. The highest BCUT2D eigenvalue weighted by Gasteiger charge is 2.31. The summed E-state index contributed by atoms with van der Waals surface area (Å²) in [5.74, 6) is -0.268. The topological polar surface area (TPSA) is 105 Å². The zero-order valence-electron chi connectivity index (χ0n) is 11.6. The van der Waals surface area contributed by atoms with E-state index in [0.717, 1.165) is 12.0 Å². The highest BCUT2D eigenvalue weighted by atomic mass is 16.6. The number of aromatic nitrogens is 1. The lowest BCUT2D eigenvalue weighted by Crippen LogP contribution is -2.47. The van der Waals surface area contributed by atoms with Crippen LogP contribution in [-0.4, -0.2) is 47.2 Å². The van der Waals surface area contributed by atoms with Crippen molar-refractivity contribution in [1.29, 1.82) is 5.26 Å². The van der Waals surface area contributed by atoms with E-state index in [1.165, 1.54) is 11.1 Å². The number of pyridine rings is 1. The lowest BCUT2D eigenvalue weighted by atomic mass is 10.2. The van der Waals surface area contributed by atoms with Crippen molar-refractivity contribution in [3.8, 4) is 6.07 Å². The summed E-state index contributed by atoms with van der Waals surface area (Å²) in [6.45, 7) is 0.550. The third-order valence-corrected chi connectivity index (χ3v) is 3.22. The lowest BCUT2D eigenvalue weighted by Gasteiger charge is -2.22. The van der Waals surface area contributed by atoms with Crippen molar-refractivity contribution < 1.29 is 9.63 Å². The van der Waals surface area contributed by atoms with Crippen LogP contribution in [0, 0.1) is 11.3 Å². The van der Waals surface area contributed by atoms with E-state index in [4.69, 9.17) is 15.8 Å². The highest BCUT2D eigenvalue weighted by molar-refractivity contribution is 5.82. The van der Waals surface area contributed by atoms with Gasteiger partial charge in [0.2, 0.25) is 5.91 Å². The number of nitrogens with two attached hydrogens (primary N) is 1. The average molecular weight is 287 g/mol. The van der Waals surface area contributed by atoms with Crippen LogP contribution in [0.4, 0.5) is 0 Å². The second kappa shape index (κ2) is 7.36. The Morgan fingerprint density at radius 2 is 2.62 bits per heavy atom. The molecule has 2 N–H and O–H groups in total. The van der Waals surface area contributed by atoms with Crippen LogP contribution in [0.25, 0.3) is 0 Å². The van der Waals surface area contributed by atoms with Gasteiger partial charge >= 0.3 is 0 Å². The van der Waals surface area contributed by atoms with E-state index in [2.05, 4.69) is 16.2 Å². The maximum Gasteiger partial charge on any atom is 0.244 e. The van der Waals surface area contributed by atoms with E-state index in [9.17, 15) is 4.79 Å². The quantitative estimate of drug-likeness (QED) is 0.618. The number of hydrogen-bond acceptors (Lipinski definition) is 6. The molecular formula is C14H17N5O2. The van der Waals surface area contributed by atoms with Crippen molar-refractivity contribution in [2.75, 3.05) is 13.2 Å². The van der Waals surface area contributed by atoms with Crippen molar-refractivity contribution >= 4 is 12.1 Å². The van der Waals surface area contributed by atoms with Gasteiger partial charge in [0.1, 0.15) is 18.7 Å². The van der Waals surface area contributed by atoms with Gasteiger partial charge in [-0.3, -0.25) is 9.78 Å². The summed E-state index contributed by atoms with van der Waals surface area (Å²) in [5, 5.41) is 12.7. The number of amides is 1. The van der Waals surface area contributed by atoms with Gasteiger partial charge in [-0.2, -0.15) is 5.26 Å². The Bertz CT molecular complexity index is 540. The first-order valence-electron chi connectivity index (χ1n) is 6.73. The van der Waals surface area contributed by atoms with Crippen molar-refractivity contribution in [3.63, 3.8) is 0 Å². The standard InChI is InChI=1S/C14H17N5O2/c15-7-12-4-2-6-19(12)14(20)13(16)10-21-18-9-11-3-1-5-17-8-11/h1,3,5,8-9,12-13H,2,4,6,10,16H2/t12-,13-/m0/s1. The molecule has 1 aliphatic heterocycles. The largest absolute Gasteiger partial charge is 0.394 e. The van der Waals surface area contributed by atoms with Crippen LogP contribution in [0.3, 0.4) is 0 Å². The van der Waals surface area contributed by atoms with E-state index in [1.807, 2.05) is 6.07 Å². The Kier molecular flexibility index (Phi) is 5.23. The molecule has 0 bridgehead atoms. The molecule has 7 heteroatoms. The highest BCUT2D eigenvalue weighted by Crippen LogP contribution is 2.17. The number of carbonyl (C=O) groups is 1. The van der Waals surface area contributed by atoms with Crippen LogP contribution in [0.1, 0.15) is 18.4 Å². The van der Waals surface area contributed by atoms with Crippen molar-refractivity contribution in [3.05, 3.63) is 30.1 Å². The van der Waals surface area contributed by atoms with Gasteiger partial charge in [-0.05, 0) is 18.9 Å². The maximum atomic E-state index is 12.1. The molecule has 0 aliphatic carbocycles. The smallest absolute Gasteiger partial charge is 0.244 e. The van der Waals surface area contributed by atoms with Gasteiger partial charge in [-0.1, -0.05) is 11.2 Å². The van der Waals surface area contributed by atoms with Gasteiger partial charge < -0.3 is 15.5 Å². The zero-order chi connectivity index (χ0) is 15.1. The zero-order valence-corrected chi connectivity index (χ0v) is 11.6. The molecule has 2 atom stereocenters. The van der Waals surface area contributed by atoms with Crippen molar-refractivity contribution in [1.82, 2.24) is 9.88 Å². The summed E-state index contributed by atoms with van der Waals surface area (Å²) in [7, 11) is 0. The van der Waals surface area contributed by atoms with E-state index >= 15 is 0 Å². The molecule has 2 heterocycles. The molecule has 0 aromatic carbocycles. The number of carbonyl (C=O) groups excluding carboxylic acids is 1. The van der Waals surface area contributed by atoms with Crippen LogP contribution in [-0.2, 0) is 9.63 Å². The fraction of sp³-hybridized carbons (Fsp3) is 0.429. The molecule has 1 saturated heterocycles. The SMILES string of the molecule is N#C[C@@H]1CCCN1C(=O)[C@@H](N)CON=Cc1cccnc1. The third-order valence-electron chi connectivity index (χ3n) is 3.22. The Morgan fingerprint density at radius 1 is 1.76 bits per heavy atom. The summed E-state index contributed by atoms with van der Waals surface area (Å²) >= 11 is 0. The van der Waals surface area contributed by atoms with E-state index in [-0.39, 0.29) is 18.6 Å². The molecule has 21 heavy (non-hydrogen) atoms. The Balaban J connectivity index is 1.79. The molecule has 0 saturated carbocycles. The van der Waals surface area contributed by atoms with Gasteiger partial charge in [-0.25, -0.2) is 0 Å². The average Bonchev–Trinajstić information content (AvgIpc) is 3.00. The van der Waals surface area contributed by atoms with Gasteiger partial charge in [0.25, 0.3) is 0 Å². The molecule has 110 valence electrons. The summed E-state index contributed by atoms with van der Waals surface area (Å²) < 4.78 is 0. The summed E-state index contributed by atoms with van der Waals surface area (Å²) in [6.07, 6.45) is 6.33. The first-order valence-corrected chi connectivity index (χ1v) is 6.73. The minimum Gasteiger partial charge on any atom is -0.394 e. The first kappa shape index (κ1) is 14.9. The molecule has 0 radical (unpaired) electrons. The summed E-state index contributed by atoms with van der Waals surface area (Å²) in [6, 6.07) is 4.53. The van der Waals surface area contributed by atoms with Gasteiger partial charge in [0.15, 0.2) is 0 Å². The second-order valence-electron chi connectivity index (χ2n) is 4.74. The molecular weight excluding hydrogens is 270 g/mol. The maximum absolute atomic E-state index is 12.1. The first-order chi connectivity index (χ1) is 10.2. The monoisotopic (exact) mass is 287 g/mol. The van der Waals surface area contributed by atoms with Crippen LogP contribution < -0.4 is 5.73 Å². The molecule has 1 aromatic heterocycles. The third kappa shape index (κ3) is 4.00. The number of likely N-dealkylation sites (tertiary alicyclic amines) is 1. The molecule has 1 fully saturated rings. The van der Waals surface area contributed by atoms with Crippen molar-refractivity contribution in [2.45, 2.75) is 24.9 Å². The van der Waals surface area contributed by atoms with Crippen LogP contribution >= 0.6 is 0 Å². The summed E-state index contributed by atoms with van der Waals surface area (Å²) in [5.41, 5.74) is 6.57. The molecule has 1 aromatic rings. The van der Waals surface area contributed by atoms with Crippen molar-refractivity contribution in [2.24, 2.45) is 10.9 Å². The Morgan fingerprint density at radius 3 is 3.33 bits per heavy atom. The molecule has 0 spiro atoms. The Labute approximate surface area is 123 Å². The summed E-state index contributed by atoms with van der Waals surface area (Å²) in [4.78, 5) is 22.6. The van der Waals surface area contributed by atoms with Crippen LogP contribution in [0.5, 0.6) is 0 Å². The van der Waals surface area contributed by atoms with Crippen LogP contribution in [0.2, 0.25) is 0 Å².